The molecule has 0 aromatic heterocycles. The molecule has 0 fully saturated rings. The van der Waals surface area contributed by atoms with E-state index in [4.69, 9.17) is 9.47 Å². The molecule has 0 amide bonds. The van der Waals surface area contributed by atoms with Gasteiger partial charge >= 0.3 is 0 Å². The van der Waals surface area contributed by atoms with Crippen LogP contribution in [0.15, 0.2) is 48.5 Å². The van der Waals surface area contributed by atoms with Crippen molar-refractivity contribution >= 4 is 0 Å². The highest BCUT2D eigenvalue weighted by atomic mass is 16.5. The summed E-state index contributed by atoms with van der Waals surface area (Å²) >= 11 is 0. The largest absolute Gasteiger partial charge is 0.488 e. The van der Waals surface area contributed by atoms with Gasteiger partial charge in [-0.15, -0.1) is 0 Å². The van der Waals surface area contributed by atoms with Crippen molar-refractivity contribution in [3.8, 4) is 17.2 Å². The topological polar surface area (TPSA) is 21.7 Å². The molecule has 0 aliphatic carbocycles. The summed E-state index contributed by atoms with van der Waals surface area (Å²) in [6.07, 6.45) is 2.35. The molecule has 2 rings (SSSR count). The van der Waals surface area contributed by atoms with Crippen LogP contribution in [0.1, 0.15) is 32.3 Å². The molecule has 0 saturated carbocycles. The van der Waals surface area contributed by atoms with E-state index in [1.807, 2.05) is 55.5 Å². The van der Waals surface area contributed by atoms with E-state index in [0.717, 1.165) is 42.4 Å². The minimum atomic E-state index is 0.675. The highest BCUT2D eigenvalue weighted by Gasteiger charge is 2.08. The van der Waals surface area contributed by atoms with Crippen LogP contribution in [-0.4, -0.2) is 31.1 Å². The molecule has 24 heavy (non-hydrogen) atoms. The quantitative estimate of drug-likeness (QED) is 0.592. The SMILES string of the molecule is CCCN(CCC)CCOc1ccccc1Oc1ccccc1C. The number of para-hydroxylation sites is 3. The van der Waals surface area contributed by atoms with Gasteiger partial charge in [0, 0.05) is 6.54 Å². The first-order valence-corrected chi connectivity index (χ1v) is 8.92. The lowest BCUT2D eigenvalue weighted by Crippen LogP contribution is -2.30. The Hall–Kier alpha value is -2.00. The molecule has 0 radical (unpaired) electrons. The fourth-order valence-electron chi connectivity index (χ4n) is 2.70. The third-order valence-corrected chi connectivity index (χ3v) is 3.91. The van der Waals surface area contributed by atoms with E-state index in [-0.39, 0.29) is 0 Å². The molecule has 0 atom stereocenters. The number of hydrogen-bond donors (Lipinski definition) is 0. The summed E-state index contributed by atoms with van der Waals surface area (Å²) in [5, 5.41) is 0. The molecule has 0 bridgehead atoms. The van der Waals surface area contributed by atoms with Crippen molar-refractivity contribution in [2.45, 2.75) is 33.6 Å². The third-order valence-electron chi connectivity index (χ3n) is 3.91. The summed E-state index contributed by atoms with van der Waals surface area (Å²) < 4.78 is 12.1. The van der Waals surface area contributed by atoms with Crippen LogP contribution in [0.3, 0.4) is 0 Å². The maximum atomic E-state index is 6.05. The minimum absolute atomic E-state index is 0.675. The number of benzene rings is 2. The lowest BCUT2D eigenvalue weighted by atomic mass is 10.2. The highest BCUT2D eigenvalue weighted by molar-refractivity contribution is 5.44. The Kier molecular flexibility index (Phi) is 7.63. The van der Waals surface area contributed by atoms with E-state index < -0.39 is 0 Å². The van der Waals surface area contributed by atoms with Crippen molar-refractivity contribution in [3.63, 3.8) is 0 Å². The van der Waals surface area contributed by atoms with Crippen molar-refractivity contribution in [2.75, 3.05) is 26.2 Å². The van der Waals surface area contributed by atoms with Crippen LogP contribution in [0.5, 0.6) is 17.2 Å². The van der Waals surface area contributed by atoms with Crippen molar-refractivity contribution in [3.05, 3.63) is 54.1 Å². The van der Waals surface area contributed by atoms with Crippen LogP contribution in [0, 0.1) is 6.92 Å². The summed E-state index contributed by atoms with van der Waals surface area (Å²) in [6.45, 7) is 10.3. The average molecular weight is 327 g/mol. The molecule has 2 aromatic carbocycles. The van der Waals surface area contributed by atoms with Gasteiger partial charge in [-0.1, -0.05) is 44.2 Å². The second kappa shape index (κ2) is 9.99. The first-order chi connectivity index (χ1) is 11.7. The van der Waals surface area contributed by atoms with Gasteiger partial charge in [0.2, 0.25) is 0 Å². The van der Waals surface area contributed by atoms with Crippen molar-refractivity contribution < 1.29 is 9.47 Å². The zero-order valence-electron chi connectivity index (χ0n) is 15.1. The zero-order chi connectivity index (χ0) is 17.2. The molecular weight excluding hydrogens is 298 g/mol. The Morgan fingerprint density at radius 1 is 0.750 bits per heavy atom. The Morgan fingerprint density at radius 3 is 1.96 bits per heavy atom. The van der Waals surface area contributed by atoms with Crippen LogP contribution in [0.25, 0.3) is 0 Å². The van der Waals surface area contributed by atoms with E-state index in [9.17, 15) is 0 Å². The number of nitrogens with zero attached hydrogens (tertiary/aromatic N) is 1. The van der Waals surface area contributed by atoms with E-state index in [2.05, 4.69) is 18.7 Å². The van der Waals surface area contributed by atoms with Crippen LogP contribution in [0.2, 0.25) is 0 Å². The Balaban J connectivity index is 1.97. The molecule has 0 spiro atoms. The van der Waals surface area contributed by atoms with E-state index in [1.54, 1.807) is 0 Å². The lowest BCUT2D eigenvalue weighted by molar-refractivity contribution is 0.205. The van der Waals surface area contributed by atoms with Gasteiger partial charge in [-0.05, 0) is 56.6 Å². The Bertz CT molecular complexity index is 606. The Labute approximate surface area is 146 Å². The van der Waals surface area contributed by atoms with Crippen molar-refractivity contribution in [2.24, 2.45) is 0 Å². The summed E-state index contributed by atoms with van der Waals surface area (Å²) in [5.74, 6) is 2.44. The summed E-state index contributed by atoms with van der Waals surface area (Å²) in [4.78, 5) is 2.45. The van der Waals surface area contributed by atoms with Crippen LogP contribution in [0.4, 0.5) is 0 Å². The molecule has 0 unspecified atom stereocenters. The predicted molar refractivity (Wildman–Crippen MR) is 100 cm³/mol. The monoisotopic (exact) mass is 327 g/mol. The van der Waals surface area contributed by atoms with E-state index in [0.29, 0.717) is 6.61 Å². The minimum Gasteiger partial charge on any atom is -0.488 e. The van der Waals surface area contributed by atoms with E-state index >= 15 is 0 Å². The third kappa shape index (κ3) is 5.57. The maximum Gasteiger partial charge on any atom is 0.169 e. The van der Waals surface area contributed by atoms with Gasteiger partial charge in [0.1, 0.15) is 12.4 Å². The molecular formula is C21H29NO2. The smallest absolute Gasteiger partial charge is 0.169 e. The molecule has 2 aromatic rings. The predicted octanol–water partition coefficient (Wildman–Crippen LogP) is 5.29. The normalized spacial score (nSPS) is 10.8. The van der Waals surface area contributed by atoms with Gasteiger partial charge in [0.25, 0.3) is 0 Å². The van der Waals surface area contributed by atoms with Crippen LogP contribution < -0.4 is 9.47 Å². The molecule has 0 heterocycles. The van der Waals surface area contributed by atoms with Gasteiger partial charge in [-0.3, -0.25) is 4.90 Å². The van der Waals surface area contributed by atoms with E-state index in [1.165, 1.54) is 12.8 Å². The maximum absolute atomic E-state index is 6.05. The number of hydrogen-bond acceptors (Lipinski definition) is 3. The van der Waals surface area contributed by atoms with Gasteiger partial charge in [-0.25, -0.2) is 0 Å². The highest BCUT2D eigenvalue weighted by Crippen LogP contribution is 2.32. The zero-order valence-corrected chi connectivity index (χ0v) is 15.1. The molecule has 0 aliphatic heterocycles. The molecule has 0 N–H and O–H groups in total. The summed E-state index contributed by atoms with van der Waals surface area (Å²) in [5.41, 5.74) is 1.12. The first-order valence-electron chi connectivity index (χ1n) is 8.92. The van der Waals surface area contributed by atoms with Crippen molar-refractivity contribution in [1.82, 2.24) is 4.90 Å². The summed E-state index contributed by atoms with van der Waals surface area (Å²) in [6, 6.07) is 15.9. The van der Waals surface area contributed by atoms with Gasteiger partial charge < -0.3 is 9.47 Å². The molecule has 130 valence electrons. The standard InChI is InChI=1S/C21H29NO2/c1-4-14-22(15-5-2)16-17-23-20-12-8-9-13-21(20)24-19-11-7-6-10-18(19)3/h6-13H,4-5,14-17H2,1-3H3. The van der Waals surface area contributed by atoms with Gasteiger partial charge in [0.05, 0.1) is 0 Å². The number of rotatable bonds is 10. The molecule has 3 heteroatoms. The average Bonchev–Trinajstić information content (AvgIpc) is 2.59. The molecule has 3 nitrogen and oxygen atoms in total. The van der Waals surface area contributed by atoms with Gasteiger partial charge in [-0.2, -0.15) is 0 Å². The fourth-order valence-corrected chi connectivity index (χ4v) is 2.70. The second-order valence-electron chi connectivity index (χ2n) is 6.00. The number of aryl methyl sites for hydroxylation is 1. The van der Waals surface area contributed by atoms with Crippen LogP contribution >= 0.6 is 0 Å². The number of ether oxygens (including phenoxy) is 2. The lowest BCUT2D eigenvalue weighted by Gasteiger charge is -2.21. The summed E-state index contributed by atoms with van der Waals surface area (Å²) in [7, 11) is 0. The van der Waals surface area contributed by atoms with Crippen LogP contribution in [-0.2, 0) is 0 Å². The second-order valence-corrected chi connectivity index (χ2v) is 6.00. The molecule has 0 saturated heterocycles. The fraction of sp³-hybridized carbons (Fsp3) is 0.429. The Morgan fingerprint density at radius 2 is 1.33 bits per heavy atom. The first kappa shape index (κ1) is 18.3. The van der Waals surface area contributed by atoms with Gasteiger partial charge in [0.15, 0.2) is 11.5 Å². The van der Waals surface area contributed by atoms with Crippen molar-refractivity contribution in [1.29, 1.82) is 0 Å². The molecule has 0 aliphatic rings.